The van der Waals surface area contributed by atoms with Crippen molar-refractivity contribution in [1.82, 2.24) is 0 Å². The van der Waals surface area contributed by atoms with Crippen molar-refractivity contribution in [1.29, 1.82) is 0 Å². The zero-order valence-corrected chi connectivity index (χ0v) is 8.32. The molecular weight excluding hydrogens is 172 g/mol. The lowest BCUT2D eigenvalue weighted by molar-refractivity contribution is -0.117. The summed E-state index contributed by atoms with van der Waals surface area (Å²) in [7, 11) is 1.59. The van der Waals surface area contributed by atoms with E-state index < -0.39 is 0 Å². The van der Waals surface area contributed by atoms with Gasteiger partial charge in [-0.1, -0.05) is 6.92 Å². The number of carbonyl (C=O) groups excluding carboxylic acids is 1. The van der Waals surface area contributed by atoms with E-state index in [1.807, 2.05) is 6.92 Å². The highest BCUT2D eigenvalue weighted by Crippen LogP contribution is 2.29. The molecule has 0 aliphatic heterocycles. The van der Waals surface area contributed by atoms with Crippen LogP contribution in [0.4, 0.5) is 0 Å². The average Bonchev–Trinajstić information content (AvgIpc) is 2.49. The molecule has 2 unspecified atom stereocenters. The normalized spacial score (nSPS) is 25.5. The topological polar surface area (TPSA) is 26.3 Å². The van der Waals surface area contributed by atoms with Crippen molar-refractivity contribution in [3.05, 3.63) is 0 Å². The van der Waals surface area contributed by atoms with Gasteiger partial charge in [-0.05, 0) is 24.6 Å². The van der Waals surface area contributed by atoms with E-state index in [-0.39, 0.29) is 5.92 Å². The molecule has 0 radical (unpaired) electrons. The molecule has 0 saturated heterocycles. The van der Waals surface area contributed by atoms with Gasteiger partial charge in [-0.25, -0.2) is 0 Å². The molecule has 0 N–H and O–H groups in total. The predicted octanol–water partition coefficient (Wildman–Crippen LogP) is 1.97. The summed E-state index contributed by atoms with van der Waals surface area (Å²) < 4.78 is 4.98. The predicted molar refractivity (Wildman–Crippen MR) is 51.1 cm³/mol. The Bertz CT molecular complexity index is 201. The molecule has 0 aromatic heterocycles. The fraction of sp³-hybridized carbons (Fsp3) is 0.778. The van der Waals surface area contributed by atoms with E-state index in [0.29, 0.717) is 23.2 Å². The molecule has 0 heterocycles. The summed E-state index contributed by atoms with van der Waals surface area (Å²) >= 11 is 5.02. The second kappa shape index (κ2) is 3.99. The Kier molecular flexibility index (Phi) is 3.20. The number of hydrogen-bond donors (Lipinski definition) is 0. The first-order chi connectivity index (χ1) is 5.65. The number of carbonyl (C=O) groups is 1. The number of ketones is 1. The van der Waals surface area contributed by atoms with Gasteiger partial charge in [-0.2, -0.15) is 0 Å². The SMILES string of the molecule is COC(=S)C(C)C1CCC(=O)C1. The molecule has 0 spiro atoms. The Labute approximate surface area is 78.3 Å². The van der Waals surface area contributed by atoms with Gasteiger partial charge in [-0.15, -0.1) is 0 Å². The van der Waals surface area contributed by atoms with Gasteiger partial charge in [0.15, 0.2) is 5.05 Å². The molecule has 0 amide bonds. The lowest BCUT2D eigenvalue weighted by Crippen LogP contribution is -2.18. The molecule has 2 atom stereocenters. The van der Waals surface area contributed by atoms with Gasteiger partial charge in [0.2, 0.25) is 0 Å². The van der Waals surface area contributed by atoms with Crippen molar-refractivity contribution in [2.45, 2.75) is 26.2 Å². The van der Waals surface area contributed by atoms with Crippen LogP contribution in [0.3, 0.4) is 0 Å². The minimum atomic E-state index is 0.247. The summed E-state index contributed by atoms with van der Waals surface area (Å²) in [5.41, 5.74) is 0. The van der Waals surface area contributed by atoms with Gasteiger partial charge >= 0.3 is 0 Å². The van der Waals surface area contributed by atoms with Crippen molar-refractivity contribution in [3.63, 3.8) is 0 Å². The molecule has 3 heteroatoms. The van der Waals surface area contributed by atoms with Crippen LogP contribution in [0.1, 0.15) is 26.2 Å². The molecule has 0 aromatic carbocycles. The maximum Gasteiger partial charge on any atom is 0.162 e. The van der Waals surface area contributed by atoms with Gasteiger partial charge in [0.1, 0.15) is 5.78 Å². The van der Waals surface area contributed by atoms with E-state index >= 15 is 0 Å². The molecule has 1 aliphatic rings. The number of Topliss-reactive ketones (excluding diaryl/α,β-unsaturated/α-hetero) is 1. The van der Waals surface area contributed by atoms with Gasteiger partial charge < -0.3 is 4.74 Å². The Morgan fingerprint density at radius 3 is 2.83 bits per heavy atom. The lowest BCUT2D eigenvalue weighted by Gasteiger charge is -2.17. The minimum Gasteiger partial charge on any atom is -0.490 e. The number of ether oxygens (including phenoxy) is 1. The number of methoxy groups -OCH3 is 1. The fourth-order valence-electron chi connectivity index (χ4n) is 1.65. The summed E-state index contributed by atoms with van der Waals surface area (Å²) in [4.78, 5) is 11.0. The van der Waals surface area contributed by atoms with Crippen LogP contribution in [0.25, 0.3) is 0 Å². The van der Waals surface area contributed by atoms with E-state index in [1.165, 1.54) is 0 Å². The molecule has 1 rings (SSSR count). The van der Waals surface area contributed by atoms with Gasteiger partial charge in [0.05, 0.1) is 7.11 Å². The molecule has 1 fully saturated rings. The standard InChI is InChI=1S/C9H14O2S/c1-6(9(12)11-2)7-3-4-8(10)5-7/h6-7H,3-5H2,1-2H3. The van der Waals surface area contributed by atoms with Gasteiger partial charge in [0, 0.05) is 18.8 Å². The van der Waals surface area contributed by atoms with Crippen LogP contribution in [-0.4, -0.2) is 17.9 Å². The number of rotatable bonds is 2. The molecule has 12 heavy (non-hydrogen) atoms. The van der Waals surface area contributed by atoms with Crippen LogP contribution in [0, 0.1) is 11.8 Å². The van der Waals surface area contributed by atoms with Gasteiger partial charge in [-0.3, -0.25) is 4.79 Å². The van der Waals surface area contributed by atoms with E-state index in [2.05, 4.69) is 0 Å². The highest BCUT2D eigenvalue weighted by molar-refractivity contribution is 7.80. The third kappa shape index (κ3) is 2.03. The molecule has 2 nitrogen and oxygen atoms in total. The summed E-state index contributed by atoms with van der Waals surface area (Å²) in [6.45, 7) is 2.04. The Balaban J connectivity index is 2.48. The third-order valence-corrected chi connectivity index (χ3v) is 3.10. The highest BCUT2D eigenvalue weighted by atomic mass is 32.1. The van der Waals surface area contributed by atoms with Crippen LogP contribution in [-0.2, 0) is 9.53 Å². The van der Waals surface area contributed by atoms with Crippen LogP contribution in [0.2, 0.25) is 0 Å². The minimum absolute atomic E-state index is 0.247. The average molecular weight is 186 g/mol. The highest BCUT2D eigenvalue weighted by Gasteiger charge is 2.29. The first kappa shape index (κ1) is 9.65. The smallest absolute Gasteiger partial charge is 0.162 e. The summed E-state index contributed by atoms with van der Waals surface area (Å²) in [6.07, 6.45) is 2.38. The zero-order valence-electron chi connectivity index (χ0n) is 7.50. The molecule has 0 bridgehead atoms. The molecule has 1 aliphatic carbocycles. The molecular formula is C9H14O2S. The van der Waals surface area contributed by atoms with Crippen molar-refractivity contribution < 1.29 is 9.53 Å². The number of hydrogen-bond acceptors (Lipinski definition) is 3. The Morgan fingerprint density at radius 1 is 1.75 bits per heavy atom. The van der Waals surface area contributed by atoms with E-state index in [4.69, 9.17) is 17.0 Å². The second-order valence-corrected chi connectivity index (χ2v) is 3.76. The van der Waals surface area contributed by atoms with Crippen molar-refractivity contribution in [2.75, 3.05) is 7.11 Å². The van der Waals surface area contributed by atoms with Crippen LogP contribution >= 0.6 is 12.2 Å². The summed E-state index contributed by atoms with van der Waals surface area (Å²) in [5, 5.41) is 0.634. The van der Waals surface area contributed by atoms with Crippen LogP contribution in [0.5, 0.6) is 0 Å². The first-order valence-electron chi connectivity index (χ1n) is 4.24. The zero-order chi connectivity index (χ0) is 9.14. The molecule has 0 aromatic rings. The van der Waals surface area contributed by atoms with E-state index in [1.54, 1.807) is 7.11 Å². The van der Waals surface area contributed by atoms with E-state index in [0.717, 1.165) is 12.8 Å². The fourth-order valence-corrected chi connectivity index (χ4v) is 1.84. The van der Waals surface area contributed by atoms with Gasteiger partial charge in [0.25, 0.3) is 0 Å². The van der Waals surface area contributed by atoms with Crippen molar-refractivity contribution in [3.8, 4) is 0 Å². The largest absolute Gasteiger partial charge is 0.490 e. The number of thiocarbonyl (C=S) groups is 1. The Morgan fingerprint density at radius 2 is 2.42 bits per heavy atom. The monoisotopic (exact) mass is 186 g/mol. The summed E-state index contributed by atoms with van der Waals surface area (Å²) in [5.74, 6) is 1.03. The second-order valence-electron chi connectivity index (χ2n) is 3.35. The molecule has 68 valence electrons. The maximum atomic E-state index is 11.0. The van der Waals surface area contributed by atoms with Crippen molar-refractivity contribution in [2.24, 2.45) is 11.8 Å². The quantitative estimate of drug-likeness (QED) is 0.617. The Hall–Kier alpha value is -0.440. The summed E-state index contributed by atoms with van der Waals surface area (Å²) in [6, 6.07) is 0. The molecule has 1 saturated carbocycles. The van der Waals surface area contributed by atoms with E-state index in [9.17, 15) is 4.79 Å². The van der Waals surface area contributed by atoms with Crippen LogP contribution in [0.15, 0.2) is 0 Å². The van der Waals surface area contributed by atoms with Crippen LogP contribution < -0.4 is 0 Å². The van der Waals surface area contributed by atoms with Crippen molar-refractivity contribution >= 4 is 23.1 Å². The lowest BCUT2D eigenvalue weighted by atomic mass is 9.93. The third-order valence-electron chi connectivity index (χ3n) is 2.56. The maximum absolute atomic E-state index is 11.0. The first-order valence-corrected chi connectivity index (χ1v) is 4.65.